The van der Waals surface area contributed by atoms with Crippen molar-refractivity contribution >= 4 is 47.6 Å². The van der Waals surface area contributed by atoms with Crippen LogP contribution in [0.5, 0.6) is 0 Å². The lowest BCUT2D eigenvalue weighted by molar-refractivity contribution is -0.141. The number of carbonyl (C=O) groups excluding carboxylic acids is 2. The largest absolute Gasteiger partial charge is 0.469 e. The Morgan fingerprint density at radius 3 is 1.58 bits per heavy atom. The Labute approximate surface area is 148 Å². The van der Waals surface area contributed by atoms with E-state index in [4.69, 9.17) is 25.9 Å². The fourth-order valence-corrected chi connectivity index (χ4v) is 17.7. The van der Waals surface area contributed by atoms with Crippen LogP contribution in [0.15, 0.2) is 0 Å². The van der Waals surface area contributed by atoms with Crippen LogP contribution in [0, 0.1) is 0 Å². The summed E-state index contributed by atoms with van der Waals surface area (Å²) in [5.41, 5.74) is 0. The van der Waals surface area contributed by atoms with E-state index in [0.717, 1.165) is 0 Å². The number of hydrogen-bond acceptors (Lipinski definition) is 8. The molecule has 0 aromatic rings. The van der Waals surface area contributed by atoms with Crippen molar-refractivity contribution in [3.63, 3.8) is 0 Å². The lowest BCUT2D eigenvalue weighted by Gasteiger charge is -2.41. The molecule has 1 aliphatic heterocycles. The Bertz CT molecular complexity index is 415. The van der Waals surface area contributed by atoms with E-state index in [-0.39, 0.29) is 24.8 Å². The van der Waals surface area contributed by atoms with Crippen LogP contribution in [0.3, 0.4) is 0 Å². The SMILES string of the molecule is COC(=O)CC[Si]1(C)O[Si](C)O[Si](C)O[Si](C)(CCC(=O)OC)O1. The zero-order valence-electron chi connectivity index (χ0n) is 15.1. The summed E-state index contributed by atoms with van der Waals surface area (Å²) >= 11 is 0. The molecule has 0 aromatic heterocycles. The van der Waals surface area contributed by atoms with E-state index >= 15 is 0 Å². The summed E-state index contributed by atoms with van der Waals surface area (Å²) in [5.74, 6) is -0.606. The van der Waals surface area contributed by atoms with Gasteiger partial charge in [0.1, 0.15) is 0 Å². The van der Waals surface area contributed by atoms with Gasteiger partial charge in [-0.2, -0.15) is 0 Å². The van der Waals surface area contributed by atoms with Crippen LogP contribution in [0.1, 0.15) is 12.8 Å². The van der Waals surface area contributed by atoms with Crippen molar-refractivity contribution in [1.82, 2.24) is 0 Å². The summed E-state index contributed by atoms with van der Waals surface area (Å²) in [6.45, 7) is 7.61. The van der Waals surface area contributed by atoms with E-state index in [1.54, 1.807) is 0 Å². The summed E-state index contributed by atoms with van der Waals surface area (Å²) < 4.78 is 33.9. The van der Waals surface area contributed by atoms with E-state index in [1.165, 1.54) is 14.2 Å². The molecule has 1 heterocycles. The third-order valence-electron chi connectivity index (χ3n) is 3.46. The molecule has 0 bridgehead atoms. The second-order valence-corrected chi connectivity index (χ2v) is 16.6. The quantitative estimate of drug-likeness (QED) is 0.481. The van der Waals surface area contributed by atoms with E-state index in [1.807, 2.05) is 26.2 Å². The molecule has 0 saturated carbocycles. The van der Waals surface area contributed by atoms with Gasteiger partial charge in [-0.1, -0.05) is 0 Å². The van der Waals surface area contributed by atoms with Crippen molar-refractivity contribution in [3.8, 4) is 0 Å². The second-order valence-electron chi connectivity index (χ2n) is 5.81. The van der Waals surface area contributed by atoms with Crippen LogP contribution in [0.4, 0.5) is 0 Å². The van der Waals surface area contributed by atoms with Crippen molar-refractivity contribution in [3.05, 3.63) is 0 Å². The molecule has 138 valence electrons. The van der Waals surface area contributed by atoms with E-state index in [9.17, 15) is 9.59 Å². The predicted octanol–water partition coefficient (Wildman–Crippen LogP) is 1.57. The first-order valence-corrected chi connectivity index (χ1v) is 16.4. The molecule has 8 nitrogen and oxygen atoms in total. The Kier molecular flexibility index (Phi) is 8.47. The van der Waals surface area contributed by atoms with Crippen molar-refractivity contribution in [2.45, 2.75) is 51.1 Å². The van der Waals surface area contributed by atoms with Gasteiger partial charge in [-0.15, -0.1) is 0 Å². The topological polar surface area (TPSA) is 89.5 Å². The number of carbonyl (C=O) groups is 2. The highest BCUT2D eigenvalue weighted by Crippen LogP contribution is 2.29. The first kappa shape index (κ1) is 21.7. The van der Waals surface area contributed by atoms with Crippen molar-refractivity contribution < 1.29 is 35.5 Å². The standard InChI is InChI=1S/C12H26O8Si4/c1-15-11(13)7-9-23(5)18-21(3)17-22(4)19-24(6,20-23)10-8-12(14)16-2/h7-10H2,1-6H3. The molecule has 12 heteroatoms. The molecule has 0 aromatic carbocycles. The van der Waals surface area contributed by atoms with Gasteiger partial charge < -0.3 is 25.9 Å². The van der Waals surface area contributed by atoms with Gasteiger partial charge in [-0.05, 0) is 26.2 Å². The maximum atomic E-state index is 11.5. The molecule has 1 fully saturated rings. The van der Waals surface area contributed by atoms with E-state index < -0.39 is 35.7 Å². The van der Waals surface area contributed by atoms with Crippen LogP contribution in [-0.2, 0) is 35.5 Å². The number of ether oxygens (including phenoxy) is 2. The summed E-state index contributed by atoms with van der Waals surface area (Å²) in [6.07, 6.45) is 0.444. The van der Waals surface area contributed by atoms with Gasteiger partial charge in [-0.25, -0.2) is 0 Å². The highest BCUT2D eigenvalue weighted by Gasteiger charge is 2.48. The minimum absolute atomic E-state index is 0.222. The zero-order valence-corrected chi connectivity index (χ0v) is 19.1. The van der Waals surface area contributed by atoms with Crippen molar-refractivity contribution in [2.75, 3.05) is 14.2 Å². The molecule has 2 atom stereocenters. The van der Waals surface area contributed by atoms with Gasteiger partial charge in [-0.3, -0.25) is 9.59 Å². The summed E-state index contributed by atoms with van der Waals surface area (Å²) in [5, 5.41) is 0. The molecule has 0 aliphatic carbocycles. The van der Waals surface area contributed by atoms with Crippen molar-refractivity contribution in [2.24, 2.45) is 0 Å². The second kappa shape index (κ2) is 9.37. The molecule has 1 saturated heterocycles. The van der Waals surface area contributed by atoms with E-state index in [0.29, 0.717) is 12.1 Å². The van der Waals surface area contributed by atoms with Crippen LogP contribution >= 0.6 is 0 Å². The van der Waals surface area contributed by atoms with Crippen molar-refractivity contribution in [1.29, 1.82) is 0 Å². The minimum atomic E-state index is -2.69. The van der Waals surface area contributed by atoms with Gasteiger partial charge in [0.15, 0.2) is 0 Å². The molecule has 1 aliphatic rings. The van der Waals surface area contributed by atoms with Gasteiger partial charge in [0.25, 0.3) is 0 Å². The first-order valence-electron chi connectivity index (χ1n) is 7.68. The number of rotatable bonds is 6. The third kappa shape index (κ3) is 7.26. The predicted molar refractivity (Wildman–Crippen MR) is 93.7 cm³/mol. The molecule has 0 spiro atoms. The Balaban J connectivity index is 2.88. The Morgan fingerprint density at radius 1 is 0.875 bits per heavy atom. The van der Waals surface area contributed by atoms with Crippen LogP contribution in [0.2, 0.25) is 38.3 Å². The number of hydrogen-bond donors (Lipinski definition) is 0. The van der Waals surface area contributed by atoms with Gasteiger partial charge in [0.2, 0.25) is 0 Å². The molecule has 0 N–H and O–H groups in total. The average molecular weight is 411 g/mol. The molecular weight excluding hydrogens is 384 g/mol. The average Bonchev–Trinajstić information content (AvgIpc) is 2.48. The van der Waals surface area contributed by atoms with Crippen LogP contribution in [0.25, 0.3) is 0 Å². The zero-order chi connectivity index (χ0) is 18.4. The lowest BCUT2D eigenvalue weighted by Crippen LogP contribution is -2.59. The maximum absolute atomic E-state index is 11.5. The molecule has 24 heavy (non-hydrogen) atoms. The smallest absolute Gasteiger partial charge is 0.362 e. The highest BCUT2D eigenvalue weighted by molar-refractivity contribution is 6.86. The third-order valence-corrected chi connectivity index (χ3v) is 17.3. The monoisotopic (exact) mass is 410 g/mol. The maximum Gasteiger partial charge on any atom is 0.362 e. The van der Waals surface area contributed by atoms with Crippen LogP contribution < -0.4 is 0 Å². The Morgan fingerprint density at radius 2 is 1.25 bits per heavy atom. The molecule has 0 amide bonds. The number of methoxy groups -OCH3 is 2. The summed E-state index contributed by atoms with van der Waals surface area (Å²) in [7, 11) is -5.69. The number of esters is 2. The summed E-state index contributed by atoms with van der Waals surface area (Å²) in [6, 6.07) is 0.919. The van der Waals surface area contributed by atoms with Gasteiger partial charge in [0, 0.05) is 24.9 Å². The first-order chi connectivity index (χ1) is 11.1. The van der Waals surface area contributed by atoms with E-state index in [2.05, 4.69) is 0 Å². The Hall–Kier alpha value is -0.352. The van der Waals surface area contributed by atoms with Gasteiger partial charge in [0.05, 0.1) is 14.2 Å². The molecule has 2 unspecified atom stereocenters. The fourth-order valence-electron chi connectivity index (χ4n) is 2.42. The molecule has 2 radical (unpaired) electrons. The fraction of sp³-hybridized carbons (Fsp3) is 0.833. The highest BCUT2D eigenvalue weighted by atomic mass is 28.5. The normalized spacial score (nSPS) is 29.6. The van der Waals surface area contributed by atoms with Crippen LogP contribution in [-0.4, -0.2) is 61.8 Å². The molecular formula is C12H26O8Si4. The molecule has 1 rings (SSSR count). The lowest BCUT2D eigenvalue weighted by atomic mass is 10.5. The minimum Gasteiger partial charge on any atom is -0.469 e. The summed E-state index contributed by atoms with van der Waals surface area (Å²) in [4.78, 5) is 23.0. The van der Waals surface area contributed by atoms with Gasteiger partial charge >= 0.3 is 47.6 Å².